The molecule has 0 aromatic heterocycles. The zero-order valence-corrected chi connectivity index (χ0v) is 18.6. The molecule has 0 aliphatic carbocycles. The van der Waals surface area contributed by atoms with Crippen molar-refractivity contribution in [2.75, 3.05) is 20.2 Å². The summed E-state index contributed by atoms with van der Waals surface area (Å²) in [5, 5.41) is 0. The van der Waals surface area contributed by atoms with Crippen LogP contribution in [0.5, 0.6) is 5.75 Å². The van der Waals surface area contributed by atoms with Gasteiger partial charge in [-0.2, -0.15) is 0 Å². The van der Waals surface area contributed by atoms with Gasteiger partial charge >= 0.3 is 0 Å². The zero-order chi connectivity index (χ0) is 21.9. The van der Waals surface area contributed by atoms with Gasteiger partial charge in [0.2, 0.25) is 0 Å². The number of piperazine rings is 1. The third kappa shape index (κ3) is 4.34. The first-order chi connectivity index (χ1) is 15.7. The van der Waals surface area contributed by atoms with E-state index in [0.717, 1.165) is 31.9 Å². The Morgan fingerprint density at radius 2 is 1.41 bits per heavy atom. The summed E-state index contributed by atoms with van der Waals surface area (Å²) < 4.78 is 5.30. The maximum Gasteiger partial charge on any atom is 0.151 e. The Hall–Kier alpha value is -2.95. The molecule has 4 nitrogen and oxygen atoms in total. The molecule has 3 saturated heterocycles. The van der Waals surface area contributed by atoms with Crippen LogP contribution in [0.4, 0.5) is 0 Å². The van der Waals surface area contributed by atoms with Crippen molar-refractivity contribution in [2.24, 2.45) is 0 Å². The SMILES string of the molecule is COc1ccc(CN2C[C@@H]3[C@H](c4ccccc4)CC(=O)[C@H]2CN3Cc2ccccc2)cc1. The number of carbonyl (C=O) groups is 1. The van der Waals surface area contributed by atoms with E-state index in [2.05, 4.69) is 82.6 Å². The van der Waals surface area contributed by atoms with E-state index in [4.69, 9.17) is 4.74 Å². The summed E-state index contributed by atoms with van der Waals surface area (Å²) in [5.41, 5.74) is 3.80. The third-order valence-corrected chi connectivity index (χ3v) is 7.00. The first kappa shape index (κ1) is 20.9. The Labute approximate surface area is 190 Å². The summed E-state index contributed by atoms with van der Waals surface area (Å²) in [7, 11) is 1.69. The maximum atomic E-state index is 13.5. The van der Waals surface area contributed by atoms with Gasteiger partial charge in [0.1, 0.15) is 5.75 Å². The van der Waals surface area contributed by atoms with Crippen LogP contribution in [0, 0.1) is 0 Å². The van der Waals surface area contributed by atoms with Crippen LogP contribution in [0.2, 0.25) is 0 Å². The van der Waals surface area contributed by atoms with Gasteiger partial charge in [-0.3, -0.25) is 14.6 Å². The van der Waals surface area contributed by atoms with E-state index in [0.29, 0.717) is 18.2 Å². The molecule has 2 bridgehead atoms. The number of nitrogens with zero attached hydrogens (tertiary/aromatic N) is 2. The molecule has 0 radical (unpaired) electrons. The highest BCUT2D eigenvalue weighted by Crippen LogP contribution is 2.37. The summed E-state index contributed by atoms with van der Waals surface area (Å²) in [6.07, 6.45) is 0.615. The molecule has 3 fully saturated rings. The van der Waals surface area contributed by atoms with Crippen molar-refractivity contribution in [1.82, 2.24) is 9.80 Å². The predicted octanol–water partition coefficient (Wildman–Crippen LogP) is 4.51. The Morgan fingerprint density at radius 3 is 2.09 bits per heavy atom. The van der Waals surface area contributed by atoms with Crippen LogP contribution >= 0.6 is 0 Å². The normalized spacial score (nSPS) is 23.8. The van der Waals surface area contributed by atoms with E-state index >= 15 is 0 Å². The molecular weight excluding hydrogens is 396 g/mol. The van der Waals surface area contributed by atoms with Gasteiger partial charge in [-0.1, -0.05) is 72.8 Å². The fourth-order valence-electron chi connectivity index (χ4n) is 5.31. The van der Waals surface area contributed by atoms with Crippen molar-refractivity contribution in [1.29, 1.82) is 0 Å². The van der Waals surface area contributed by atoms with E-state index in [9.17, 15) is 4.79 Å². The van der Waals surface area contributed by atoms with Gasteiger partial charge in [0.05, 0.1) is 13.2 Å². The van der Waals surface area contributed by atoms with Crippen molar-refractivity contribution in [3.05, 3.63) is 102 Å². The monoisotopic (exact) mass is 426 g/mol. The standard InChI is InChI=1S/C28H30N2O2/c1-32-24-14-12-22(13-15-24)18-30-19-26-25(23-10-6-3-7-11-23)16-28(31)27(30)20-29(26)17-21-8-4-2-5-9-21/h2-15,25-27H,16-20H2,1H3/t25-,26+,27+/m0/s1. The first-order valence-electron chi connectivity index (χ1n) is 11.4. The lowest BCUT2D eigenvalue weighted by Gasteiger charge is -2.45. The molecule has 3 aromatic rings. The minimum atomic E-state index is -0.0641. The van der Waals surface area contributed by atoms with E-state index in [1.54, 1.807) is 7.11 Å². The summed E-state index contributed by atoms with van der Waals surface area (Å²) >= 11 is 0. The van der Waals surface area contributed by atoms with E-state index < -0.39 is 0 Å². The average molecular weight is 427 g/mol. The lowest BCUT2D eigenvalue weighted by molar-refractivity contribution is -0.125. The first-order valence-corrected chi connectivity index (χ1v) is 11.4. The molecule has 0 N–H and O–H groups in total. The van der Waals surface area contributed by atoms with E-state index in [1.165, 1.54) is 16.7 Å². The highest BCUT2D eigenvalue weighted by molar-refractivity contribution is 5.86. The largest absolute Gasteiger partial charge is 0.497 e. The Kier molecular flexibility index (Phi) is 6.06. The molecule has 3 atom stereocenters. The molecule has 0 saturated carbocycles. The summed E-state index contributed by atoms with van der Waals surface area (Å²) in [6.45, 7) is 3.36. The molecule has 3 heterocycles. The van der Waals surface area contributed by atoms with Gasteiger partial charge < -0.3 is 4.74 Å². The molecule has 4 heteroatoms. The van der Waals surface area contributed by atoms with Crippen molar-refractivity contribution in [3.63, 3.8) is 0 Å². The second kappa shape index (κ2) is 9.27. The van der Waals surface area contributed by atoms with Crippen LogP contribution in [0.25, 0.3) is 0 Å². The third-order valence-electron chi connectivity index (χ3n) is 7.00. The zero-order valence-electron chi connectivity index (χ0n) is 18.6. The van der Waals surface area contributed by atoms with Gasteiger partial charge in [0.15, 0.2) is 5.78 Å². The smallest absolute Gasteiger partial charge is 0.151 e. The van der Waals surface area contributed by atoms with E-state index in [1.807, 2.05) is 12.1 Å². The minimum absolute atomic E-state index is 0.0641. The van der Waals surface area contributed by atoms with Crippen LogP contribution in [0.3, 0.4) is 0 Å². The summed E-state index contributed by atoms with van der Waals surface area (Å²) in [6, 6.07) is 29.7. The molecule has 164 valence electrons. The number of ether oxygens (including phenoxy) is 1. The fourth-order valence-corrected chi connectivity index (χ4v) is 5.31. The van der Waals surface area contributed by atoms with Crippen molar-refractivity contribution in [2.45, 2.75) is 37.5 Å². The quantitative estimate of drug-likeness (QED) is 0.581. The molecular formula is C28H30N2O2. The van der Waals surface area contributed by atoms with Gasteiger partial charge in [-0.15, -0.1) is 0 Å². The molecule has 6 rings (SSSR count). The van der Waals surface area contributed by atoms with Crippen molar-refractivity contribution >= 4 is 5.78 Å². The predicted molar refractivity (Wildman–Crippen MR) is 127 cm³/mol. The number of fused-ring (bicyclic) bond motifs is 4. The number of Topliss-reactive ketones (excluding diaryl/α,β-unsaturated/α-hetero) is 1. The number of hydrogen-bond acceptors (Lipinski definition) is 4. The maximum absolute atomic E-state index is 13.5. The second-order valence-corrected chi connectivity index (χ2v) is 8.96. The lowest BCUT2D eigenvalue weighted by atomic mass is 9.87. The fraction of sp³-hybridized carbons (Fsp3) is 0.321. The average Bonchev–Trinajstić information content (AvgIpc) is 3.06. The van der Waals surface area contributed by atoms with Crippen LogP contribution in [-0.2, 0) is 17.9 Å². The molecule has 3 aromatic carbocycles. The number of methoxy groups -OCH3 is 1. The van der Waals surface area contributed by atoms with Crippen LogP contribution in [0.15, 0.2) is 84.9 Å². The number of hydrogen-bond donors (Lipinski definition) is 0. The Balaban J connectivity index is 1.44. The molecule has 0 unspecified atom stereocenters. The Bertz CT molecular complexity index is 1040. The van der Waals surface area contributed by atoms with Gasteiger partial charge in [-0.25, -0.2) is 0 Å². The van der Waals surface area contributed by atoms with Crippen LogP contribution < -0.4 is 4.74 Å². The van der Waals surface area contributed by atoms with Gasteiger partial charge in [0, 0.05) is 44.6 Å². The number of carbonyl (C=O) groups excluding carboxylic acids is 1. The minimum Gasteiger partial charge on any atom is -0.497 e. The van der Waals surface area contributed by atoms with Crippen molar-refractivity contribution < 1.29 is 9.53 Å². The van der Waals surface area contributed by atoms with Crippen LogP contribution in [0.1, 0.15) is 29.0 Å². The molecule has 3 aliphatic rings. The summed E-state index contributed by atoms with van der Waals surface area (Å²) in [5.74, 6) is 1.45. The topological polar surface area (TPSA) is 32.8 Å². The number of rotatable bonds is 6. The van der Waals surface area contributed by atoms with Crippen molar-refractivity contribution in [3.8, 4) is 5.75 Å². The highest BCUT2D eigenvalue weighted by Gasteiger charge is 2.45. The van der Waals surface area contributed by atoms with Gasteiger partial charge in [-0.05, 0) is 28.8 Å². The molecule has 0 spiro atoms. The van der Waals surface area contributed by atoms with Gasteiger partial charge in [0.25, 0.3) is 0 Å². The molecule has 0 amide bonds. The van der Waals surface area contributed by atoms with Crippen LogP contribution in [-0.4, -0.2) is 47.9 Å². The number of benzene rings is 3. The second-order valence-electron chi connectivity index (χ2n) is 8.96. The number of ketones is 1. The molecule has 3 aliphatic heterocycles. The highest BCUT2D eigenvalue weighted by atomic mass is 16.5. The summed E-state index contributed by atoms with van der Waals surface area (Å²) in [4.78, 5) is 18.4. The lowest BCUT2D eigenvalue weighted by Crippen LogP contribution is -2.58. The Morgan fingerprint density at radius 1 is 0.781 bits per heavy atom. The molecule has 32 heavy (non-hydrogen) atoms. The van der Waals surface area contributed by atoms with E-state index in [-0.39, 0.29) is 12.0 Å².